The van der Waals surface area contributed by atoms with Crippen LogP contribution in [-0.2, 0) is 17.5 Å². The van der Waals surface area contributed by atoms with Crippen LogP contribution < -0.4 is 5.73 Å². The van der Waals surface area contributed by atoms with Crippen LogP contribution in [0.3, 0.4) is 0 Å². The van der Waals surface area contributed by atoms with Gasteiger partial charge in [-0.05, 0) is 23.8 Å². The first-order chi connectivity index (χ1) is 9.38. The summed E-state index contributed by atoms with van der Waals surface area (Å²) in [6.07, 6.45) is -4.67. The summed E-state index contributed by atoms with van der Waals surface area (Å²) in [5, 5.41) is 0. The highest BCUT2D eigenvalue weighted by Gasteiger charge is 2.31. The van der Waals surface area contributed by atoms with Crippen molar-refractivity contribution in [1.29, 1.82) is 0 Å². The topological polar surface area (TPSA) is 38.5 Å². The van der Waals surface area contributed by atoms with Crippen molar-refractivity contribution < 1.29 is 22.3 Å². The minimum atomic E-state index is -4.54. The predicted octanol–water partition coefficient (Wildman–Crippen LogP) is 2.00. The lowest BCUT2D eigenvalue weighted by molar-refractivity contribution is -0.137. The van der Waals surface area contributed by atoms with E-state index in [1.165, 1.54) is 0 Å². The van der Waals surface area contributed by atoms with Crippen LogP contribution in [-0.4, -0.2) is 37.2 Å². The standard InChI is InChI=1S/C13H16F4N2O/c14-11-4-9(3-10(5-11)13(15,16)17)7-19-1-2-20-12(6-18)8-19/h3-5,12H,1-2,6-8,18H2. The van der Waals surface area contributed by atoms with Gasteiger partial charge in [0.25, 0.3) is 0 Å². The Kier molecular flexibility index (Phi) is 4.62. The Morgan fingerprint density at radius 3 is 2.70 bits per heavy atom. The molecule has 1 aliphatic heterocycles. The van der Waals surface area contributed by atoms with Gasteiger partial charge in [-0.15, -0.1) is 0 Å². The molecule has 2 rings (SSSR count). The number of hydrogen-bond donors (Lipinski definition) is 1. The van der Waals surface area contributed by atoms with Gasteiger partial charge in [-0.2, -0.15) is 13.2 Å². The molecule has 0 amide bonds. The number of halogens is 4. The maximum Gasteiger partial charge on any atom is 0.416 e. The third kappa shape index (κ3) is 3.91. The van der Waals surface area contributed by atoms with E-state index in [-0.39, 0.29) is 12.6 Å². The molecule has 1 aromatic carbocycles. The number of nitrogens with zero attached hydrogens (tertiary/aromatic N) is 1. The number of rotatable bonds is 3. The molecule has 1 heterocycles. The molecule has 20 heavy (non-hydrogen) atoms. The van der Waals surface area contributed by atoms with Gasteiger partial charge in [0.05, 0.1) is 18.3 Å². The smallest absolute Gasteiger partial charge is 0.374 e. The molecule has 1 aromatic rings. The van der Waals surface area contributed by atoms with Gasteiger partial charge >= 0.3 is 6.18 Å². The lowest BCUT2D eigenvalue weighted by Crippen LogP contribution is -2.45. The molecule has 0 aromatic heterocycles. The van der Waals surface area contributed by atoms with E-state index in [4.69, 9.17) is 10.5 Å². The van der Waals surface area contributed by atoms with E-state index in [0.29, 0.717) is 37.9 Å². The van der Waals surface area contributed by atoms with E-state index in [9.17, 15) is 17.6 Å². The van der Waals surface area contributed by atoms with Gasteiger partial charge in [-0.3, -0.25) is 4.90 Å². The number of morpholine rings is 1. The second kappa shape index (κ2) is 6.07. The van der Waals surface area contributed by atoms with Crippen molar-refractivity contribution in [2.45, 2.75) is 18.8 Å². The Bertz CT molecular complexity index is 464. The summed E-state index contributed by atoms with van der Waals surface area (Å²) in [7, 11) is 0. The number of nitrogens with two attached hydrogens (primary N) is 1. The summed E-state index contributed by atoms with van der Waals surface area (Å²) in [5.74, 6) is -0.876. The van der Waals surface area contributed by atoms with Gasteiger partial charge in [0.15, 0.2) is 0 Å². The van der Waals surface area contributed by atoms with Crippen LogP contribution in [0.15, 0.2) is 18.2 Å². The molecule has 0 aliphatic carbocycles. The van der Waals surface area contributed by atoms with Gasteiger partial charge in [0, 0.05) is 26.2 Å². The van der Waals surface area contributed by atoms with E-state index < -0.39 is 17.6 Å². The first-order valence-corrected chi connectivity index (χ1v) is 6.29. The minimum absolute atomic E-state index is 0.126. The maximum atomic E-state index is 13.3. The summed E-state index contributed by atoms with van der Waals surface area (Å²) in [6, 6.07) is 2.61. The zero-order chi connectivity index (χ0) is 14.8. The van der Waals surface area contributed by atoms with Crippen molar-refractivity contribution in [1.82, 2.24) is 4.90 Å². The Morgan fingerprint density at radius 2 is 2.05 bits per heavy atom. The fraction of sp³-hybridized carbons (Fsp3) is 0.538. The summed E-state index contributed by atoms with van der Waals surface area (Å²) >= 11 is 0. The lowest BCUT2D eigenvalue weighted by atomic mass is 10.1. The normalized spacial score (nSPS) is 21.1. The molecule has 0 bridgehead atoms. The van der Waals surface area contributed by atoms with E-state index >= 15 is 0 Å². The largest absolute Gasteiger partial charge is 0.416 e. The summed E-state index contributed by atoms with van der Waals surface area (Å²) in [5.41, 5.74) is 4.84. The number of alkyl halides is 3. The molecule has 1 unspecified atom stereocenters. The second-order valence-corrected chi connectivity index (χ2v) is 4.81. The quantitative estimate of drug-likeness (QED) is 0.866. The number of benzene rings is 1. The highest BCUT2D eigenvalue weighted by molar-refractivity contribution is 5.26. The van der Waals surface area contributed by atoms with Crippen molar-refractivity contribution in [2.75, 3.05) is 26.2 Å². The van der Waals surface area contributed by atoms with Crippen molar-refractivity contribution in [2.24, 2.45) is 5.73 Å². The van der Waals surface area contributed by atoms with Gasteiger partial charge in [-0.25, -0.2) is 4.39 Å². The number of hydrogen-bond acceptors (Lipinski definition) is 3. The van der Waals surface area contributed by atoms with Crippen LogP contribution in [0.4, 0.5) is 17.6 Å². The third-order valence-electron chi connectivity index (χ3n) is 3.18. The Balaban J connectivity index is 2.11. The molecule has 1 aliphatic rings. The van der Waals surface area contributed by atoms with Crippen LogP contribution >= 0.6 is 0 Å². The molecule has 3 nitrogen and oxygen atoms in total. The highest BCUT2D eigenvalue weighted by Crippen LogP contribution is 2.30. The van der Waals surface area contributed by atoms with Gasteiger partial charge in [0.2, 0.25) is 0 Å². The van der Waals surface area contributed by atoms with E-state index in [0.717, 1.165) is 12.1 Å². The van der Waals surface area contributed by atoms with E-state index in [1.54, 1.807) is 0 Å². The predicted molar refractivity (Wildman–Crippen MR) is 65.5 cm³/mol. The van der Waals surface area contributed by atoms with E-state index in [1.807, 2.05) is 4.90 Å². The summed E-state index contributed by atoms with van der Waals surface area (Å²) in [4.78, 5) is 1.91. The average molecular weight is 292 g/mol. The summed E-state index contributed by atoms with van der Waals surface area (Å²) in [6.45, 7) is 2.21. The molecule has 0 spiro atoms. The van der Waals surface area contributed by atoms with Crippen LogP contribution in [0.2, 0.25) is 0 Å². The molecule has 0 saturated carbocycles. The van der Waals surface area contributed by atoms with Gasteiger partial charge < -0.3 is 10.5 Å². The highest BCUT2D eigenvalue weighted by atomic mass is 19.4. The second-order valence-electron chi connectivity index (χ2n) is 4.81. The third-order valence-corrected chi connectivity index (χ3v) is 3.18. The van der Waals surface area contributed by atoms with Crippen molar-refractivity contribution >= 4 is 0 Å². The van der Waals surface area contributed by atoms with Crippen LogP contribution in [0.1, 0.15) is 11.1 Å². The fourth-order valence-electron chi connectivity index (χ4n) is 2.23. The molecular formula is C13H16F4N2O. The molecule has 1 atom stereocenters. The van der Waals surface area contributed by atoms with Crippen molar-refractivity contribution in [3.05, 3.63) is 35.1 Å². The Hall–Kier alpha value is -1.18. The molecular weight excluding hydrogens is 276 g/mol. The zero-order valence-corrected chi connectivity index (χ0v) is 10.8. The number of ether oxygens (including phenoxy) is 1. The monoisotopic (exact) mass is 292 g/mol. The van der Waals surface area contributed by atoms with Crippen molar-refractivity contribution in [3.63, 3.8) is 0 Å². The van der Waals surface area contributed by atoms with Crippen LogP contribution in [0, 0.1) is 5.82 Å². The van der Waals surface area contributed by atoms with Gasteiger partial charge in [-0.1, -0.05) is 0 Å². The minimum Gasteiger partial charge on any atom is -0.374 e. The molecule has 1 saturated heterocycles. The summed E-state index contributed by atoms with van der Waals surface area (Å²) < 4.78 is 56.5. The van der Waals surface area contributed by atoms with Crippen molar-refractivity contribution in [3.8, 4) is 0 Å². The SMILES string of the molecule is NCC1CN(Cc2cc(F)cc(C(F)(F)F)c2)CCO1. The molecule has 1 fully saturated rings. The Labute approximate surface area is 114 Å². The Morgan fingerprint density at radius 1 is 1.30 bits per heavy atom. The van der Waals surface area contributed by atoms with Crippen LogP contribution in [0.25, 0.3) is 0 Å². The molecule has 2 N–H and O–H groups in total. The molecule has 112 valence electrons. The molecule has 0 radical (unpaired) electrons. The van der Waals surface area contributed by atoms with Gasteiger partial charge in [0.1, 0.15) is 5.82 Å². The van der Waals surface area contributed by atoms with Crippen LogP contribution in [0.5, 0.6) is 0 Å². The maximum absolute atomic E-state index is 13.3. The average Bonchev–Trinajstić information content (AvgIpc) is 2.37. The van der Waals surface area contributed by atoms with E-state index in [2.05, 4.69) is 0 Å². The lowest BCUT2D eigenvalue weighted by Gasteiger charge is -2.32. The molecule has 7 heteroatoms. The fourth-order valence-corrected chi connectivity index (χ4v) is 2.23. The zero-order valence-electron chi connectivity index (χ0n) is 10.8. The first-order valence-electron chi connectivity index (χ1n) is 6.29. The first kappa shape index (κ1) is 15.2.